The molecule has 1 atom stereocenters. The zero-order chi connectivity index (χ0) is 19.2. The van der Waals surface area contributed by atoms with Crippen molar-refractivity contribution in [3.8, 4) is 5.69 Å². The van der Waals surface area contributed by atoms with Crippen molar-refractivity contribution >= 4 is 5.91 Å². The van der Waals surface area contributed by atoms with Gasteiger partial charge in [0.05, 0.1) is 18.9 Å². The summed E-state index contributed by atoms with van der Waals surface area (Å²) in [6.07, 6.45) is 2.84. The van der Waals surface area contributed by atoms with Crippen LogP contribution < -0.4 is 5.32 Å². The molecule has 1 fully saturated rings. The second kappa shape index (κ2) is 9.15. The fourth-order valence-electron chi connectivity index (χ4n) is 3.55. The molecule has 1 amide bonds. The van der Waals surface area contributed by atoms with Crippen LogP contribution in [-0.4, -0.2) is 59.5 Å². The molecule has 6 heteroatoms. The first kappa shape index (κ1) is 19.6. The smallest absolute Gasteiger partial charge is 0.251 e. The van der Waals surface area contributed by atoms with Crippen LogP contribution in [0.5, 0.6) is 0 Å². The van der Waals surface area contributed by atoms with Gasteiger partial charge in [0.15, 0.2) is 0 Å². The molecule has 0 bridgehead atoms. The number of benzene rings is 1. The number of morpholine rings is 1. The second-order valence-electron chi connectivity index (χ2n) is 7.57. The van der Waals surface area contributed by atoms with E-state index in [1.165, 1.54) is 0 Å². The third-order valence-corrected chi connectivity index (χ3v) is 5.01. The molecule has 1 aromatic heterocycles. The third kappa shape index (κ3) is 5.17. The van der Waals surface area contributed by atoms with Gasteiger partial charge in [-0.1, -0.05) is 13.8 Å². The molecule has 1 unspecified atom stereocenters. The van der Waals surface area contributed by atoms with Crippen LogP contribution in [0, 0.1) is 12.8 Å². The van der Waals surface area contributed by atoms with Crippen molar-refractivity contribution in [2.75, 3.05) is 32.8 Å². The van der Waals surface area contributed by atoms with Gasteiger partial charge in [0, 0.05) is 43.1 Å². The largest absolute Gasteiger partial charge is 0.379 e. The Kier molecular flexibility index (Phi) is 6.63. The monoisotopic (exact) mass is 370 g/mol. The van der Waals surface area contributed by atoms with E-state index >= 15 is 0 Å². The highest BCUT2D eigenvalue weighted by Gasteiger charge is 2.22. The lowest BCUT2D eigenvalue weighted by Crippen LogP contribution is -2.49. The maximum Gasteiger partial charge on any atom is 0.251 e. The number of nitrogens with one attached hydrogen (secondary N) is 1. The van der Waals surface area contributed by atoms with Gasteiger partial charge in [-0.3, -0.25) is 9.69 Å². The standard InChI is InChI=1S/C21H30N4O2/c1-16(2)14-20(24-10-12-27-13-11-24)15-22-21(26)18-4-6-19(7-5-18)25-17(3)8-9-23-25/h4-9,16,20H,10-15H2,1-3H3,(H,22,26). The average Bonchev–Trinajstić information content (AvgIpc) is 3.11. The van der Waals surface area contributed by atoms with Gasteiger partial charge in [-0.2, -0.15) is 5.10 Å². The van der Waals surface area contributed by atoms with Gasteiger partial charge in [-0.15, -0.1) is 0 Å². The van der Waals surface area contributed by atoms with Crippen molar-refractivity contribution in [3.05, 3.63) is 47.8 Å². The topological polar surface area (TPSA) is 59.4 Å². The van der Waals surface area contributed by atoms with Gasteiger partial charge in [-0.25, -0.2) is 4.68 Å². The van der Waals surface area contributed by atoms with Crippen molar-refractivity contribution in [2.45, 2.75) is 33.2 Å². The molecule has 27 heavy (non-hydrogen) atoms. The van der Waals surface area contributed by atoms with E-state index in [1.807, 2.05) is 41.9 Å². The molecule has 0 saturated carbocycles. The number of aromatic nitrogens is 2. The highest BCUT2D eigenvalue weighted by molar-refractivity contribution is 5.94. The second-order valence-corrected chi connectivity index (χ2v) is 7.57. The SMILES string of the molecule is Cc1ccnn1-c1ccc(C(=O)NCC(CC(C)C)N2CCOCC2)cc1. The molecule has 0 aliphatic carbocycles. The molecule has 2 aromatic rings. The number of hydrogen-bond donors (Lipinski definition) is 1. The van der Waals surface area contributed by atoms with Crippen LogP contribution in [0.25, 0.3) is 5.69 Å². The van der Waals surface area contributed by atoms with E-state index in [9.17, 15) is 4.79 Å². The van der Waals surface area contributed by atoms with Gasteiger partial charge in [0.2, 0.25) is 0 Å². The lowest BCUT2D eigenvalue weighted by atomic mass is 10.0. The maximum atomic E-state index is 12.6. The van der Waals surface area contributed by atoms with Crippen LogP contribution in [0.15, 0.2) is 36.5 Å². The number of carbonyl (C=O) groups is 1. The van der Waals surface area contributed by atoms with E-state index in [4.69, 9.17) is 4.74 Å². The number of carbonyl (C=O) groups excluding carboxylic acids is 1. The minimum absolute atomic E-state index is 0.0271. The van der Waals surface area contributed by atoms with E-state index in [2.05, 4.69) is 29.2 Å². The Morgan fingerprint density at radius 1 is 1.19 bits per heavy atom. The van der Waals surface area contributed by atoms with Crippen LogP contribution >= 0.6 is 0 Å². The van der Waals surface area contributed by atoms with Gasteiger partial charge >= 0.3 is 0 Å². The number of nitrogens with zero attached hydrogens (tertiary/aromatic N) is 3. The zero-order valence-electron chi connectivity index (χ0n) is 16.5. The summed E-state index contributed by atoms with van der Waals surface area (Å²) in [4.78, 5) is 15.0. The summed E-state index contributed by atoms with van der Waals surface area (Å²) in [5, 5.41) is 7.42. The summed E-state index contributed by atoms with van der Waals surface area (Å²) in [5.74, 6) is 0.562. The van der Waals surface area contributed by atoms with E-state index in [0.717, 1.165) is 44.1 Å². The normalized spacial score (nSPS) is 16.4. The molecule has 6 nitrogen and oxygen atoms in total. The van der Waals surface area contributed by atoms with Gasteiger partial charge in [-0.05, 0) is 49.6 Å². The number of aryl methyl sites for hydroxylation is 1. The molecule has 3 rings (SSSR count). The van der Waals surface area contributed by atoms with E-state index < -0.39 is 0 Å². The van der Waals surface area contributed by atoms with Gasteiger partial charge in [0.25, 0.3) is 5.91 Å². The van der Waals surface area contributed by atoms with Crippen LogP contribution in [0.3, 0.4) is 0 Å². The Labute approximate surface area is 161 Å². The average molecular weight is 370 g/mol. The summed E-state index contributed by atoms with van der Waals surface area (Å²) in [7, 11) is 0. The number of hydrogen-bond acceptors (Lipinski definition) is 4. The summed E-state index contributed by atoms with van der Waals surface area (Å²) in [6, 6.07) is 9.89. The molecule has 0 radical (unpaired) electrons. The van der Waals surface area contributed by atoms with E-state index in [0.29, 0.717) is 24.1 Å². The number of amides is 1. The number of rotatable bonds is 7. The molecular formula is C21H30N4O2. The fraction of sp³-hybridized carbons (Fsp3) is 0.524. The van der Waals surface area contributed by atoms with Crippen molar-refractivity contribution in [2.24, 2.45) is 5.92 Å². The molecular weight excluding hydrogens is 340 g/mol. The summed E-state index contributed by atoms with van der Waals surface area (Å²) in [5.41, 5.74) is 2.70. The Bertz CT molecular complexity index is 733. The summed E-state index contributed by atoms with van der Waals surface area (Å²) < 4.78 is 7.32. The van der Waals surface area contributed by atoms with E-state index in [-0.39, 0.29) is 5.91 Å². The highest BCUT2D eigenvalue weighted by atomic mass is 16.5. The third-order valence-electron chi connectivity index (χ3n) is 5.01. The minimum atomic E-state index is -0.0271. The predicted molar refractivity (Wildman–Crippen MR) is 106 cm³/mol. The first-order chi connectivity index (χ1) is 13.0. The summed E-state index contributed by atoms with van der Waals surface area (Å²) >= 11 is 0. The molecule has 0 spiro atoms. The van der Waals surface area contributed by atoms with Gasteiger partial charge in [0.1, 0.15) is 0 Å². The first-order valence-electron chi connectivity index (χ1n) is 9.75. The maximum absolute atomic E-state index is 12.6. The fourth-order valence-corrected chi connectivity index (χ4v) is 3.55. The quantitative estimate of drug-likeness (QED) is 0.814. The Hall–Kier alpha value is -2.18. The van der Waals surface area contributed by atoms with E-state index in [1.54, 1.807) is 6.20 Å². The van der Waals surface area contributed by atoms with Crippen LogP contribution in [0.1, 0.15) is 36.3 Å². The van der Waals surface area contributed by atoms with Crippen molar-refractivity contribution in [1.29, 1.82) is 0 Å². The van der Waals surface area contributed by atoms with Crippen molar-refractivity contribution in [3.63, 3.8) is 0 Å². The van der Waals surface area contributed by atoms with Crippen LogP contribution in [0.2, 0.25) is 0 Å². The lowest BCUT2D eigenvalue weighted by Gasteiger charge is -2.35. The predicted octanol–water partition coefficient (Wildman–Crippen LogP) is 2.66. The molecule has 1 N–H and O–H groups in total. The molecule has 1 aromatic carbocycles. The van der Waals surface area contributed by atoms with Gasteiger partial charge < -0.3 is 10.1 Å². The van der Waals surface area contributed by atoms with Crippen molar-refractivity contribution < 1.29 is 9.53 Å². The van der Waals surface area contributed by atoms with Crippen molar-refractivity contribution in [1.82, 2.24) is 20.0 Å². The molecule has 1 aliphatic rings. The van der Waals surface area contributed by atoms with Crippen LogP contribution in [0.4, 0.5) is 0 Å². The minimum Gasteiger partial charge on any atom is -0.379 e. The summed E-state index contributed by atoms with van der Waals surface area (Å²) in [6.45, 7) is 10.5. The molecule has 1 saturated heterocycles. The Balaban J connectivity index is 1.60. The Morgan fingerprint density at radius 3 is 2.48 bits per heavy atom. The Morgan fingerprint density at radius 2 is 1.89 bits per heavy atom. The zero-order valence-corrected chi connectivity index (χ0v) is 16.5. The molecule has 2 heterocycles. The highest BCUT2D eigenvalue weighted by Crippen LogP contribution is 2.14. The number of ether oxygens (including phenoxy) is 1. The molecule has 1 aliphatic heterocycles. The first-order valence-corrected chi connectivity index (χ1v) is 9.75. The molecule has 146 valence electrons. The van der Waals surface area contributed by atoms with Crippen LogP contribution in [-0.2, 0) is 4.74 Å². The lowest BCUT2D eigenvalue weighted by molar-refractivity contribution is 0.0124.